The Labute approximate surface area is 73.9 Å². The van der Waals surface area contributed by atoms with Crippen molar-refractivity contribution in [1.82, 2.24) is 0 Å². The summed E-state index contributed by atoms with van der Waals surface area (Å²) >= 11 is 11.9. The van der Waals surface area contributed by atoms with Crippen molar-refractivity contribution in [1.29, 1.82) is 0 Å². The molecular formula is C8H15Cl2. The number of alkyl halides is 2. The summed E-state index contributed by atoms with van der Waals surface area (Å²) in [5, 5.41) is 0.0979. The lowest BCUT2D eigenvalue weighted by molar-refractivity contribution is 0.551. The van der Waals surface area contributed by atoms with Gasteiger partial charge < -0.3 is 0 Å². The molecule has 0 aliphatic rings. The minimum atomic E-state index is 0.0247. The Hall–Kier alpha value is 0.580. The fourth-order valence-electron chi connectivity index (χ4n) is 0.746. The summed E-state index contributed by atoms with van der Waals surface area (Å²) in [4.78, 5) is 0. The summed E-state index contributed by atoms with van der Waals surface area (Å²) in [5.41, 5.74) is 0. The second-order valence-electron chi connectivity index (χ2n) is 2.54. The smallest absolute Gasteiger partial charge is 0.0527 e. The van der Waals surface area contributed by atoms with Crippen LogP contribution in [-0.4, -0.2) is 10.8 Å². The molecule has 61 valence electrons. The first-order valence-electron chi connectivity index (χ1n) is 3.74. The molecule has 0 rings (SSSR count). The van der Waals surface area contributed by atoms with Crippen LogP contribution in [0, 0.1) is 12.8 Å². The van der Waals surface area contributed by atoms with Crippen molar-refractivity contribution < 1.29 is 0 Å². The summed E-state index contributed by atoms with van der Waals surface area (Å²) in [6, 6.07) is 0. The molecule has 0 aromatic carbocycles. The molecule has 3 atom stereocenters. The standard InChI is InChI=1S/C8H15Cl2/c1-4-6(3)8(10)7(9)5-2/h6-8H,3-5H2,1-2H3. The van der Waals surface area contributed by atoms with E-state index in [2.05, 4.69) is 13.8 Å². The van der Waals surface area contributed by atoms with Gasteiger partial charge in [0.05, 0.1) is 5.38 Å². The van der Waals surface area contributed by atoms with E-state index in [1.165, 1.54) is 0 Å². The van der Waals surface area contributed by atoms with E-state index in [0.29, 0.717) is 0 Å². The second kappa shape index (κ2) is 5.26. The molecule has 0 bridgehead atoms. The van der Waals surface area contributed by atoms with Gasteiger partial charge in [-0.3, -0.25) is 0 Å². The van der Waals surface area contributed by atoms with Gasteiger partial charge in [0.2, 0.25) is 0 Å². The number of halogens is 2. The van der Waals surface area contributed by atoms with Crippen LogP contribution >= 0.6 is 23.2 Å². The Bertz CT molecular complexity index is 73.3. The molecule has 0 heterocycles. The molecular weight excluding hydrogens is 167 g/mol. The van der Waals surface area contributed by atoms with Crippen molar-refractivity contribution in [2.45, 2.75) is 37.4 Å². The zero-order valence-electron chi connectivity index (χ0n) is 6.61. The first-order valence-corrected chi connectivity index (χ1v) is 4.61. The average Bonchev–Trinajstić information content (AvgIpc) is 2.00. The third kappa shape index (κ3) is 3.12. The molecule has 0 N–H and O–H groups in total. The van der Waals surface area contributed by atoms with Gasteiger partial charge in [0, 0.05) is 5.38 Å². The van der Waals surface area contributed by atoms with Crippen LogP contribution in [-0.2, 0) is 0 Å². The highest BCUT2D eigenvalue weighted by atomic mass is 35.5. The van der Waals surface area contributed by atoms with E-state index < -0.39 is 0 Å². The maximum absolute atomic E-state index is 5.99. The van der Waals surface area contributed by atoms with Crippen LogP contribution in [0.25, 0.3) is 0 Å². The van der Waals surface area contributed by atoms with E-state index in [1.54, 1.807) is 0 Å². The van der Waals surface area contributed by atoms with E-state index in [4.69, 9.17) is 23.2 Å². The fourth-order valence-corrected chi connectivity index (χ4v) is 1.31. The molecule has 0 aromatic rings. The van der Waals surface area contributed by atoms with Gasteiger partial charge in [-0.1, -0.05) is 20.3 Å². The Kier molecular flexibility index (Phi) is 5.56. The zero-order valence-corrected chi connectivity index (χ0v) is 8.12. The largest absolute Gasteiger partial charge is 0.121 e. The van der Waals surface area contributed by atoms with E-state index in [0.717, 1.165) is 12.8 Å². The van der Waals surface area contributed by atoms with Crippen molar-refractivity contribution >= 4 is 23.2 Å². The van der Waals surface area contributed by atoms with Crippen molar-refractivity contribution in [3.63, 3.8) is 0 Å². The molecule has 0 aromatic heterocycles. The highest BCUT2D eigenvalue weighted by Crippen LogP contribution is 2.22. The summed E-state index contributed by atoms with van der Waals surface area (Å²) in [7, 11) is 0. The van der Waals surface area contributed by atoms with Crippen molar-refractivity contribution in [3.05, 3.63) is 6.92 Å². The Morgan fingerprint density at radius 1 is 1.20 bits per heavy atom. The second-order valence-corrected chi connectivity index (χ2v) is 3.60. The molecule has 0 spiro atoms. The highest BCUT2D eigenvalue weighted by molar-refractivity contribution is 6.30. The molecule has 10 heavy (non-hydrogen) atoms. The van der Waals surface area contributed by atoms with Crippen LogP contribution in [0.4, 0.5) is 0 Å². The quantitative estimate of drug-likeness (QED) is 0.584. The SMILES string of the molecule is [CH2]C(CC)C(Cl)C(Cl)CC. The van der Waals surface area contributed by atoms with Gasteiger partial charge in [0.25, 0.3) is 0 Å². The molecule has 0 amide bonds. The predicted molar refractivity (Wildman–Crippen MR) is 48.7 cm³/mol. The third-order valence-electron chi connectivity index (χ3n) is 1.71. The maximum Gasteiger partial charge on any atom is 0.0527 e. The molecule has 3 unspecified atom stereocenters. The van der Waals surface area contributed by atoms with Gasteiger partial charge in [0.15, 0.2) is 0 Å². The zero-order chi connectivity index (χ0) is 8.15. The maximum atomic E-state index is 5.99. The summed E-state index contributed by atoms with van der Waals surface area (Å²) < 4.78 is 0. The van der Waals surface area contributed by atoms with Gasteiger partial charge in [-0.2, -0.15) is 0 Å². The number of hydrogen-bond acceptors (Lipinski definition) is 0. The van der Waals surface area contributed by atoms with Crippen LogP contribution in [0.3, 0.4) is 0 Å². The number of hydrogen-bond donors (Lipinski definition) is 0. The molecule has 0 nitrogen and oxygen atoms in total. The molecule has 0 saturated heterocycles. The van der Waals surface area contributed by atoms with Crippen molar-refractivity contribution in [2.24, 2.45) is 5.92 Å². The van der Waals surface area contributed by atoms with Crippen molar-refractivity contribution in [3.8, 4) is 0 Å². The van der Waals surface area contributed by atoms with Gasteiger partial charge >= 0.3 is 0 Å². The highest BCUT2D eigenvalue weighted by Gasteiger charge is 2.19. The normalized spacial score (nSPS) is 20.1. The van der Waals surface area contributed by atoms with Crippen LogP contribution < -0.4 is 0 Å². The van der Waals surface area contributed by atoms with Crippen LogP contribution in [0.5, 0.6) is 0 Å². The summed E-state index contributed by atoms with van der Waals surface area (Å²) in [6.45, 7) is 8.02. The lowest BCUT2D eigenvalue weighted by atomic mass is 10.0. The van der Waals surface area contributed by atoms with Crippen LogP contribution in [0.1, 0.15) is 26.7 Å². The lowest BCUT2D eigenvalue weighted by Gasteiger charge is -2.19. The van der Waals surface area contributed by atoms with E-state index in [9.17, 15) is 0 Å². The molecule has 0 aliphatic heterocycles. The summed E-state index contributed by atoms with van der Waals surface area (Å²) in [5.74, 6) is 0.282. The van der Waals surface area contributed by atoms with Gasteiger partial charge in [-0.05, 0) is 19.3 Å². The first kappa shape index (κ1) is 10.6. The topological polar surface area (TPSA) is 0 Å². The van der Waals surface area contributed by atoms with Crippen LogP contribution in [0.2, 0.25) is 0 Å². The van der Waals surface area contributed by atoms with Crippen molar-refractivity contribution in [2.75, 3.05) is 0 Å². The Balaban J connectivity index is 3.69. The van der Waals surface area contributed by atoms with Crippen LogP contribution in [0.15, 0.2) is 0 Å². The molecule has 0 aliphatic carbocycles. The third-order valence-corrected chi connectivity index (χ3v) is 3.08. The fraction of sp³-hybridized carbons (Fsp3) is 0.875. The van der Waals surface area contributed by atoms with Gasteiger partial charge in [-0.15, -0.1) is 23.2 Å². The Morgan fingerprint density at radius 2 is 1.70 bits per heavy atom. The van der Waals surface area contributed by atoms with E-state index in [1.807, 2.05) is 6.92 Å². The minimum absolute atomic E-state index is 0.0247. The summed E-state index contributed by atoms with van der Waals surface area (Å²) in [6.07, 6.45) is 1.92. The van der Waals surface area contributed by atoms with E-state index in [-0.39, 0.29) is 16.7 Å². The monoisotopic (exact) mass is 181 g/mol. The van der Waals surface area contributed by atoms with E-state index >= 15 is 0 Å². The first-order chi connectivity index (χ1) is 4.63. The Morgan fingerprint density at radius 3 is 2.00 bits per heavy atom. The minimum Gasteiger partial charge on any atom is -0.121 e. The molecule has 0 saturated carbocycles. The number of rotatable bonds is 4. The predicted octanol–water partition coefficient (Wildman–Crippen LogP) is 3.47. The lowest BCUT2D eigenvalue weighted by Crippen LogP contribution is -2.21. The molecule has 0 fully saturated rings. The van der Waals surface area contributed by atoms with Gasteiger partial charge in [-0.25, -0.2) is 0 Å². The molecule has 1 radical (unpaired) electrons. The average molecular weight is 182 g/mol. The molecule has 2 heteroatoms. The van der Waals surface area contributed by atoms with Gasteiger partial charge in [0.1, 0.15) is 0 Å².